The zero-order chi connectivity index (χ0) is 52.4. The molecule has 0 aromatic heterocycles. The third kappa shape index (κ3) is 19.4. The fourth-order valence-electron chi connectivity index (χ4n) is 9.25. The average Bonchev–Trinajstić information content (AvgIpc) is 4.23. The molecular formula is C70H72Cl4Si2Zr2. The summed E-state index contributed by atoms with van der Waals surface area (Å²) in [7, 11) is 0. The third-order valence-electron chi connectivity index (χ3n) is 12.6. The van der Waals surface area contributed by atoms with Crippen molar-refractivity contribution in [3.8, 4) is 44.5 Å². The van der Waals surface area contributed by atoms with Crippen LogP contribution in [0.15, 0.2) is 243 Å². The molecule has 396 valence electrons. The summed E-state index contributed by atoms with van der Waals surface area (Å²) in [5, 5.41) is 10.8. The minimum absolute atomic E-state index is 0. The van der Waals surface area contributed by atoms with Crippen LogP contribution in [0, 0.1) is 13.8 Å². The van der Waals surface area contributed by atoms with Crippen LogP contribution in [0.1, 0.15) is 36.1 Å². The van der Waals surface area contributed by atoms with Gasteiger partial charge in [-0.1, -0.05) is 196 Å². The Morgan fingerprint density at radius 3 is 0.756 bits per heavy atom. The molecule has 12 rings (SSSR count). The Labute approximate surface area is 521 Å². The Hall–Kier alpha value is -4.44. The van der Waals surface area contributed by atoms with Gasteiger partial charge in [0.05, 0.1) is 0 Å². The van der Waals surface area contributed by atoms with Crippen LogP contribution in [-0.2, 0) is 59.5 Å². The number of fused-ring (bicyclic) bond motifs is 4. The smallest absolute Gasteiger partial charge is 0.0279 e. The zero-order valence-electron chi connectivity index (χ0n) is 46.1. The van der Waals surface area contributed by atoms with Crippen LogP contribution in [0.25, 0.3) is 87.6 Å². The Balaban J connectivity index is 0.000000257. The van der Waals surface area contributed by atoms with Gasteiger partial charge in [0.25, 0.3) is 0 Å². The van der Waals surface area contributed by atoms with Gasteiger partial charge in [0.2, 0.25) is 0 Å². The first-order chi connectivity index (χ1) is 35.9. The third-order valence-corrected chi connectivity index (χ3v) is 12.6. The molecule has 0 nitrogen and oxygen atoms in total. The van der Waals surface area contributed by atoms with Gasteiger partial charge in [-0.15, -0.1) is 188 Å². The summed E-state index contributed by atoms with van der Waals surface area (Å²) in [6.07, 6.45) is 2.20. The first-order valence-corrected chi connectivity index (χ1v) is 38.2. The van der Waals surface area contributed by atoms with Crippen LogP contribution in [-0.4, -0.2) is 10.9 Å². The Morgan fingerprint density at radius 1 is 0.308 bits per heavy atom. The number of halogens is 4. The van der Waals surface area contributed by atoms with E-state index in [1.54, 1.807) is 46.7 Å². The van der Waals surface area contributed by atoms with E-state index in [9.17, 15) is 0 Å². The molecule has 12 aromatic rings. The molecule has 78 heavy (non-hydrogen) atoms. The molecule has 0 unspecified atom stereocenters. The number of hydrogen-bond donors (Lipinski definition) is 0. The van der Waals surface area contributed by atoms with Crippen molar-refractivity contribution in [3.63, 3.8) is 0 Å². The molecular weight excluding hydrogens is 1220 g/mol. The van der Waals surface area contributed by atoms with Crippen molar-refractivity contribution in [1.29, 1.82) is 0 Å². The molecule has 0 spiro atoms. The van der Waals surface area contributed by atoms with Crippen LogP contribution in [0.2, 0.25) is 26.2 Å². The first kappa shape index (κ1) is 67.8. The van der Waals surface area contributed by atoms with Gasteiger partial charge in [-0.25, -0.2) is 0 Å². The number of hydrogen-bond acceptors (Lipinski definition) is 0. The average molecular weight is 1290 g/mol. The second-order valence-electron chi connectivity index (χ2n) is 19.2. The second kappa shape index (κ2) is 34.6. The van der Waals surface area contributed by atoms with Crippen molar-refractivity contribution in [2.24, 2.45) is 0 Å². The van der Waals surface area contributed by atoms with Crippen LogP contribution in [0.3, 0.4) is 0 Å². The molecule has 0 fully saturated rings. The van der Waals surface area contributed by atoms with Gasteiger partial charge in [0.15, 0.2) is 0 Å². The maximum atomic E-state index is 2.32. The van der Waals surface area contributed by atoms with E-state index < -0.39 is 0 Å². The van der Waals surface area contributed by atoms with E-state index in [0.717, 1.165) is 12.8 Å². The standard InChI is InChI=1S/2C17H15.2C16H13.2C2H6Si.4ClH.2Zr/c2*1-2-13-11-15-9-6-10-16(17(15)12-13)14-7-4-3-5-8-14;2*1-12-10-14-8-5-9-15(16(14)11-12)13-6-3-2-4-7-13;2*1-3-2;;;;;;/h2*3-12H,2H2,1H3;2*2-11H,1H3;2*1-2H3;4*1H;;/q4*-1;;;;;;;2*+2. The normalized spacial score (nSPS) is 9.90. The van der Waals surface area contributed by atoms with Crippen molar-refractivity contribution in [2.75, 3.05) is 0 Å². The fraction of sp³-hybridized carbons (Fsp3) is 0.143. The maximum absolute atomic E-state index is 2.32. The van der Waals surface area contributed by atoms with Crippen LogP contribution < -0.4 is 0 Å². The van der Waals surface area contributed by atoms with Gasteiger partial charge in [0.1, 0.15) is 0 Å². The monoisotopic (exact) mass is 1290 g/mol. The van der Waals surface area contributed by atoms with E-state index in [0.29, 0.717) is 0 Å². The summed E-state index contributed by atoms with van der Waals surface area (Å²) < 4.78 is 0. The molecule has 0 bridgehead atoms. The largest absolute Gasteiger partial charge is 0.165 e. The summed E-state index contributed by atoms with van der Waals surface area (Å²) in [5.41, 5.74) is 16.4. The molecule has 0 radical (unpaired) electrons. The summed E-state index contributed by atoms with van der Waals surface area (Å²) in [4.78, 5) is 0. The number of rotatable bonds is 6. The summed E-state index contributed by atoms with van der Waals surface area (Å²) in [5.74, 6) is 0. The molecule has 0 saturated heterocycles. The minimum Gasteiger partial charge on any atom is -0.165 e. The molecule has 0 N–H and O–H groups in total. The van der Waals surface area contributed by atoms with Crippen LogP contribution in [0.5, 0.6) is 0 Å². The van der Waals surface area contributed by atoms with Crippen molar-refractivity contribution in [2.45, 2.75) is 66.7 Å². The summed E-state index contributed by atoms with van der Waals surface area (Å²) >= 11 is 3.48. The molecule has 0 heterocycles. The first-order valence-electron chi connectivity index (χ1n) is 25.9. The Kier molecular flexibility index (Phi) is 30.1. The van der Waals surface area contributed by atoms with Crippen LogP contribution in [0.4, 0.5) is 0 Å². The van der Waals surface area contributed by atoms with Gasteiger partial charge in [-0.3, -0.25) is 0 Å². The number of benzene rings is 8. The molecule has 8 heteroatoms. The minimum atomic E-state index is 0. The quantitative estimate of drug-likeness (QED) is 0.115. The van der Waals surface area contributed by atoms with Gasteiger partial charge < -0.3 is 0 Å². The number of aryl methyl sites for hydroxylation is 4. The topological polar surface area (TPSA) is 0 Å². The second-order valence-corrected chi connectivity index (χ2v) is 37.9. The van der Waals surface area contributed by atoms with Crippen molar-refractivity contribution in [3.05, 3.63) is 265 Å². The van der Waals surface area contributed by atoms with E-state index in [1.165, 1.54) is 110 Å². The Bertz CT molecular complexity index is 3430. The van der Waals surface area contributed by atoms with E-state index >= 15 is 0 Å². The predicted molar refractivity (Wildman–Crippen MR) is 352 cm³/mol. The molecule has 12 aromatic carbocycles. The van der Waals surface area contributed by atoms with E-state index in [4.69, 9.17) is 0 Å². The van der Waals surface area contributed by atoms with Crippen LogP contribution >= 0.6 is 49.6 Å². The fourth-order valence-corrected chi connectivity index (χ4v) is 9.25. The van der Waals surface area contributed by atoms with Crippen molar-refractivity contribution in [1.82, 2.24) is 0 Å². The predicted octanol–water partition coefficient (Wildman–Crippen LogP) is 21.9. The van der Waals surface area contributed by atoms with Crippen molar-refractivity contribution < 1.29 is 46.7 Å². The van der Waals surface area contributed by atoms with E-state index in [-0.39, 0.29) is 60.5 Å². The SMILES string of the molecule is CCc1cc2c(-c3ccccc3)cccc2[cH-]1.CCc1cc2c(-c3ccccc3)cccc2[cH-]1.C[Si](C)=[Zr+2].C[Si](C)=[Zr+2].Cc1cc2c(-c3ccccc3)cccc2[cH-]1.Cc1cc2c(-c3ccccc3)cccc2[cH-]1.Cl.Cl.Cl.Cl. The van der Waals surface area contributed by atoms with Gasteiger partial charge in [0, 0.05) is 0 Å². The Morgan fingerprint density at radius 2 is 0.526 bits per heavy atom. The van der Waals surface area contributed by atoms with E-state index in [2.05, 4.69) is 297 Å². The maximum Gasteiger partial charge on any atom is -0.0279 e. The van der Waals surface area contributed by atoms with Gasteiger partial charge in [-0.2, -0.15) is 24.3 Å². The zero-order valence-corrected chi connectivity index (χ0v) is 56.3. The molecule has 0 aliphatic rings. The molecule has 0 aliphatic carbocycles. The summed E-state index contributed by atoms with van der Waals surface area (Å²) in [6.45, 7) is 17.9. The molecule has 0 saturated carbocycles. The molecule has 0 amide bonds. The van der Waals surface area contributed by atoms with E-state index in [1.807, 2.05) is 0 Å². The van der Waals surface area contributed by atoms with Crippen molar-refractivity contribution >= 4 is 104 Å². The summed E-state index contributed by atoms with van der Waals surface area (Å²) in [6, 6.07) is 86.6. The van der Waals surface area contributed by atoms with Gasteiger partial charge >= 0.3 is 83.7 Å². The molecule has 0 aliphatic heterocycles. The van der Waals surface area contributed by atoms with Gasteiger partial charge in [-0.05, 0) is 35.1 Å². The molecule has 0 atom stereocenters.